The topological polar surface area (TPSA) is 47.0 Å². The van der Waals surface area contributed by atoms with Crippen LogP contribution >= 0.6 is 11.3 Å². The standard InChI is InChI=1S/C9H9NO2S2/c1-6(14(11)12)9-10-7-4-2-3-5-8(7)13-9/h2-6,14H,1H3. The average molecular weight is 227 g/mol. The fourth-order valence-corrected chi connectivity index (χ4v) is 2.72. The molecule has 2 rings (SSSR count). The van der Waals surface area contributed by atoms with E-state index < -0.39 is 16.0 Å². The minimum absolute atomic E-state index is 0.484. The van der Waals surface area contributed by atoms with Crippen LogP contribution in [-0.2, 0) is 10.7 Å². The van der Waals surface area contributed by atoms with E-state index in [4.69, 9.17) is 0 Å². The van der Waals surface area contributed by atoms with Gasteiger partial charge in [-0.2, -0.15) is 0 Å². The van der Waals surface area contributed by atoms with E-state index in [0.717, 1.165) is 10.2 Å². The number of rotatable bonds is 2. The number of fused-ring (bicyclic) bond motifs is 1. The zero-order chi connectivity index (χ0) is 10.1. The SMILES string of the molecule is CC(c1nc2ccccc2s1)[SH](=O)=O. The average Bonchev–Trinajstić information content (AvgIpc) is 2.59. The molecule has 0 saturated heterocycles. The predicted octanol–water partition coefficient (Wildman–Crippen LogP) is 1.97. The van der Waals surface area contributed by atoms with E-state index >= 15 is 0 Å². The molecule has 0 spiro atoms. The Morgan fingerprint density at radius 2 is 2.07 bits per heavy atom. The van der Waals surface area contributed by atoms with Crippen molar-refractivity contribution in [2.24, 2.45) is 0 Å². The molecule has 0 aliphatic rings. The number of aromatic nitrogens is 1. The molecule has 0 radical (unpaired) electrons. The molecule has 1 heterocycles. The molecule has 0 bridgehead atoms. The molecule has 0 aliphatic carbocycles. The lowest BCUT2D eigenvalue weighted by molar-refractivity contribution is 0.606. The van der Waals surface area contributed by atoms with E-state index in [0.29, 0.717) is 5.01 Å². The summed E-state index contributed by atoms with van der Waals surface area (Å²) in [5.41, 5.74) is 0.871. The Labute approximate surface area is 87.4 Å². The van der Waals surface area contributed by atoms with E-state index in [1.54, 1.807) is 6.92 Å². The summed E-state index contributed by atoms with van der Waals surface area (Å²) in [4.78, 5) is 4.27. The van der Waals surface area contributed by atoms with Crippen LogP contribution in [0.5, 0.6) is 0 Å². The van der Waals surface area contributed by atoms with Crippen molar-refractivity contribution in [3.63, 3.8) is 0 Å². The van der Waals surface area contributed by atoms with E-state index in [-0.39, 0.29) is 0 Å². The monoisotopic (exact) mass is 227 g/mol. The van der Waals surface area contributed by atoms with Crippen LogP contribution in [0, 0.1) is 0 Å². The Balaban J connectivity index is 2.55. The van der Waals surface area contributed by atoms with Crippen LogP contribution in [0.2, 0.25) is 0 Å². The summed E-state index contributed by atoms with van der Waals surface area (Å²) in [6.07, 6.45) is 0. The van der Waals surface area contributed by atoms with Gasteiger partial charge < -0.3 is 0 Å². The van der Waals surface area contributed by atoms with Gasteiger partial charge in [0.15, 0.2) is 0 Å². The molecule has 1 aromatic carbocycles. The number of thiazole rings is 1. The smallest absolute Gasteiger partial charge is 0.149 e. The summed E-state index contributed by atoms with van der Waals surface area (Å²) < 4.78 is 22.6. The third-order valence-electron chi connectivity index (χ3n) is 1.98. The van der Waals surface area contributed by atoms with E-state index in [1.165, 1.54) is 11.3 Å². The van der Waals surface area contributed by atoms with Crippen molar-refractivity contribution < 1.29 is 8.42 Å². The number of nitrogens with zero attached hydrogens (tertiary/aromatic N) is 1. The van der Waals surface area contributed by atoms with Gasteiger partial charge in [0.2, 0.25) is 0 Å². The number of para-hydroxylation sites is 1. The predicted molar refractivity (Wildman–Crippen MR) is 58.3 cm³/mol. The first-order valence-electron chi connectivity index (χ1n) is 4.17. The highest BCUT2D eigenvalue weighted by molar-refractivity contribution is 7.72. The van der Waals surface area contributed by atoms with Crippen LogP contribution in [0.15, 0.2) is 24.3 Å². The molecule has 5 heteroatoms. The first-order valence-corrected chi connectivity index (χ1v) is 6.24. The molecule has 14 heavy (non-hydrogen) atoms. The zero-order valence-corrected chi connectivity index (χ0v) is 9.22. The fraction of sp³-hybridized carbons (Fsp3) is 0.222. The van der Waals surface area contributed by atoms with Crippen molar-refractivity contribution >= 4 is 32.3 Å². The number of hydrogen-bond donors (Lipinski definition) is 1. The van der Waals surface area contributed by atoms with Crippen molar-refractivity contribution in [3.8, 4) is 0 Å². The number of thiol groups is 1. The van der Waals surface area contributed by atoms with E-state index in [1.807, 2.05) is 24.3 Å². The molecule has 0 saturated carbocycles. The van der Waals surface area contributed by atoms with Crippen molar-refractivity contribution in [1.29, 1.82) is 0 Å². The molecule has 1 unspecified atom stereocenters. The third-order valence-corrected chi connectivity index (χ3v) is 4.25. The van der Waals surface area contributed by atoms with Gasteiger partial charge >= 0.3 is 0 Å². The molecule has 0 amide bonds. The lowest BCUT2D eigenvalue weighted by Gasteiger charge is -1.94. The molecule has 0 aliphatic heterocycles. The summed E-state index contributed by atoms with van der Waals surface area (Å²) in [7, 11) is -2.43. The molecule has 3 nitrogen and oxygen atoms in total. The van der Waals surface area contributed by atoms with E-state index in [2.05, 4.69) is 4.98 Å². The molecule has 1 atom stereocenters. The van der Waals surface area contributed by atoms with Gasteiger partial charge in [0.05, 0.1) is 10.2 Å². The Morgan fingerprint density at radius 1 is 1.36 bits per heavy atom. The zero-order valence-electron chi connectivity index (χ0n) is 7.51. The Morgan fingerprint density at radius 3 is 2.71 bits per heavy atom. The lowest BCUT2D eigenvalue weighted by atomic mass is 10.3. The van der Waals surface area contributed by atoms with Crippen LogP contribution in [0.1, 0.15) is 17.2 Å². The molecule has 2 aromatic rings. The lowest BCUT2D eigenvalue weighted by Crippen LogP contribution is -1.93. The summed E-state index contributed by atoms with van der Waals surface area (Å²) in [5, 5.41) is 0.185. The van der Waals surface area contributed by atoms with Crippen molar-refractivity contribution in [2.75, 3.05) is 0 Å². The Kier molecular flexibility index (Phi) is 2.52. The number of hydrogen-bond acceptors (Lipinski definition) is 4. The van der Waals surface area contributed by atoms with Crippen LogP contribution in [0.25, 0.3) is 10.2 Å². The van der Waals surface area contributed by atoms with Crippen molar-refractivity contribution in [3.05, 3.63) is 29.3 Å². The highest BCUT2D eigenvalue weighted by Gasteiger charge is 2.12. The summed E-state index contributed by atoms with van der Waals surface area (Å²) in [6.45, 7) is 1.66. The quantitative estimate of drug-likeness (QED) is 0.798. The van der Waals surface area contributed by atoms with Gasteiger partial charge in [0.25, 0.3) is 0 Å². The Hall–Kier alpha value is -0.940. The van der Waals surface area contributed by atoms with Gasteiger partial charge in [-0.15, -0.1) is 11.3 Å². The first kappa shape index (κ1) is 9.61. The first-order chi connectivity index (χ1) is 6.68. The van der Waals surface area contributed by atoms with Gasteiger partial charge in [-0.3, -0.25) is 0 Å². The van der Waals surface area contributed by atoms with Crippen LogP contribution in [-0.4, -0.2) is 13.4 Å². The van der Waals surface area contributed by atoms with E-state index in [9.17, 15) is 8.42 Å². The fourth-order valence-electron chi connectivity index (χ4n) is 1.16. The molecule has 74 valence electrons. The highest BCUT2D eigenvalue weighted by atomic mass is 32.2. The highest BCUT2D eigenvalue weighted by Crippen LogP contribution is 2.27. The second-order valence-corrected chi connectivity index (χ2v) is 5.39. The second-order valence-electron chi connectivity index (χ2n) is 2.98. The minimum Gasteiger partial charge on any atom is -0.240 e. The van der Waals surface area contributed by atoms with Crippen LogP contribution in [0.3, 0.4) is 0 Å². The summed E-state index contributed by atoms with van der Waals surface area (Å²) in [5.74, 6) is 0. The number of benzene rings is 1. The van der Waals surface area contributed by atoms with Gasteiger partial charge in [-0.05, 0) is 19.1 Å². The van der Waals surface area contributed by atoms with Crippen molar-refractivity contribution in [1.82, 2.24) is 4.98 Å². The van der Waals surface area contributed by atoms with Gasteiger partial charge in [0, 0.05) is 0 Å². The molecule has 0 N–H and O–H groups in total. The maximum Gasteiger partial charge on any atom is 0.149 e. The maximum atomic E-state index is 10.8. The van der Waals surface area contributed by atoms with Crippen molar-refractivity contribution in [2.45, 2.75) is 12.2 Å². The van der Waals surface area contributed by atoms with Gasteiger partial charge in [0.1, 0.15) is 21.0 Å². The van der Waals surface area contributed by atoms with Gasteiger partial charge in [-0.1, -0.05) is 12.1 Å². The molecule has 0 fully saturated rings. The van der Waals surface area contributed by atoms with Gasteiger partial charge in [-0.25, -0.2) is 13.4 Å². The van der Waals surface area contributed by atoms with Crippen LogP contribution in [0.4, 0.5) is 0 Å². The minimum atomic E-state index is -2.43. The Bertz CT molecular complexity index is 489. The molecular formula is C9H9NO2S2. The largest absolute Gasteiger partial charge is 0.240 e. The normalized spacial score (nSPS) is 13.6. The molecular weight excluding hydrogens is 218 g/mol. The third kappa shape index (κ3) is 1.65. The summed E-state index contributed by atoms with van der Waals surface area (Å²) in [6, 6.07) is 7.65. The second kappa shape index (κ2) is 3.67. The molecule has 1 aromatic heterocycles. The van der Waals surface area contributed by atoms with Crippen LogP contribution < -0.4 is 0 Å². The summed E-state index contributed by atoms with van der Waals surface area (Å²) >= 11 is 1.44. The maximum absolute atomic E-state index is 10.8.